The van der Waals surface area contributed by atoms with Crippen LogP contribution in [-0.2, 0) is 0 Å². The van der Waals surface area contributed by atoms with Crippen LogP contribution in [0.2, 0.25) is 16.6 Å². The number of aromatic nitrogens is 4. The molecule has 0 atom stereocenters. The highest BCUT2D eigenvalue weighted by Crippen LogP contribution is 2.42. The summed E-state index contributed by atoms with van der Waals surface area (Å²) in [6.07, 6.45) is 3.64. The van der Waals surface area contributed by atoms with Crippen molar-refractivity contribution in [2.75, 3.05) is 0 Å². The van der Waals surface area contributed by atoms with Crippen LogP contribution in [0, 0.1) is 0 Å². The van der Waals surface area contributed by atoms with Crippen molar-refractivity contribution in [3.05, 3.63) is 54.9 Å². The average molecular weight is 391 g/mol. The number of pyridine rings is 2. The predicted octanol–water partition coefficient (Wildman–Crippen LogP) is 5.49. The highest BCUT2D eigenvalue weighted by Gasteiger charge is 2.46. The van der Waals surface area contributed by atoms with Crippen molar-refractivity contribution in [2.45, 2.75) is 58.2 Å². The van der Waals surface area contributed by atoms with E-state index in [1.54, 1.807) is 6.20 Å². The van der Waals surface area contributed by atoms with E-state index < -0.39 is 8.07 Å². The number of rotatable bonds is 6. The lowest BCUT2D eigenvalue weighted by Crippen LogP contribution is -2.56. The number of nitrogens with zero attached hydrogens (tertiary/aromatic N) is 4. The van der Waals surface area contributed by atoms with E-state index in [9.17, 15) is 0 Å². The highest BCUT2D eigenvalue weighted by atomic mass is 28.3. The monoisotopic (exact) mass is 390 g/mol. The van der Waals surface area contributed by atoms with Gasteiger partial charge < -0.3 is 0 Å². The molecule has 0 aliphatic carbocycles. The lowest BCUT2D eigenvalue weighted by Gasteiger charge is -2.44. The molecule has 3 heterocycles. The molecule has 0 radical (unpaired) electrons. The molecule has 3 aromatic heterocycles. The van der Waals surface area contributed by atoms with Crippen molar-refractivity contribution < 1.29 is 0 Å². The molecule has 0 saturated carbocycles. The lowest BCUT2D eigenvalue weighted by atomic mass is 10.2. The standard InChI is InChI=1S/C23H30N4Si/c1-16(2)28(17(3)4,18(5)6)22-15-21(19-11-7-9-13-24-19)26-27-23(22)20-12-8-10-14-25-20/h7-18H,1-6H3. The summed E-state index contributed by atoms with van der Waals surface area (Å²) >= 11 is 0. The number of hydrogen-bond donors (Lipinski definition) is 0. The summed E-state index contributed by atoms with van der Waals surface area (Å²) in [6.45, 7) is 14.2. The first-order valence-electron chi connectivity index (χ1n) is 10.1. The van der Waals surface area contributed by atoms with Gasteiger partial charge in [-0.05, 0) is 52.1 Å². The fourth-order valence-corrected chi connectivity index (χ4v) is 11.8. The Hall–Kier alpha value is -2.40. The van der Waals surface area contributed by atoms with E-state index in [0.29, 0.717) is 16.6 Å². The Kier molecular flexibility index (Phi) is 6.03. The van der Waals surface area contributed by atoms with E-state index in [-0.39, 0.29) is 0 Å². The third kappa shape index (κ3) is 3.51. The molecule has 0 aliphatic rings. The summed E-state index contributed by atoms with van der Waals surface area (Å²) in [7, 11) is -1.97. The van der Waals surface area contributed by atoms with Gasteiger partial charge in [0.1, 0.15) is 11.4 Å². The molecule has 0 aliphatic heterocycles. The van der Waals surface area contributed by atoms with E-state index in [4.69, 9.17) is 5.10 Å². The zero-order valence-corrected chi connectivity index (χ0v) is 18.7. The Morgan fingerprint density at radius 1 is 0.643 bits per heavy atom. The van der Waals surface area contributed by atoms with Crippen LogP contribution in [0.3, 0.4) is 0 Å². The number of hydrogen-bond acceptors (Lipinski definition) is 4. The molecule has 0 unspecified atom stereocenters. The van der Waals surface area contributed by atoms with Gasteiger partial charge in [-0.25, -0.2) is 0 Å². The van der Waals surface area contributed by atoms with Crippen molar-refractivity contribution in [1.29, 1.82) is 0 Å². The second kappa shape index (κ2) is 8.31. The molecule has 0 N–H and O–H groups in total. The molecular formula is C23H30N4Si. The van der Waals surface area contributed by atoms with Crippen LogP contribution >= 0.6 is 0 Å². The molecule has 146 valence electrons. The molecule has 0 aromatic carbocycles. The molecule has 3 rings (SSSR count). The lowest BCUT2D eigenvalue weighted by molar-refractivity contribution is 0.833. The van der Waals surface area contributed by atoms with Crippen LogP contribution < -0.4 is 5.19 Å². The molecule has 0 fully saturated rings. The summed E-state index contributed by atoms with van der Waals surface area (Å²) < 4.78 is 0. The van der Waals surface area contributed by atoms with Gasteiger partial charge in [-0.1, -0.05) is 53.7 Å². The largest absolute Gasteiger partial charge is 0.255 e. The Morgan fingerprint density at radius 2 is 1.18 bits per heavy atom. The summed E-state index contributed by atoms with van der Waals surface area (Å²) in [6, 6.07) is 14.2. The first-order valence-corrected chi connectivity index (χ1v) is 12.3. The summed E-state index contributed by atoms with van der Waals surface area (Å²) in [5, 5.41) is 10.6. The SMILES string of the molecule is CC(C)[Si](c1cc(-c2ccccn2)nnc1-c1ccccn1)(C(C)C)C(C)C. The van der Waals surface area contributed by atoms with E-state index in [2.05, 4.69) is 62.7 Å². The maximum Gasteiger partial charge on any atom is 0.111 e. The van der Waals surface area contributed by atoms with Crippen LogP contribution in [0.1, 0.15) is 41.5 Å². The smallest absolute Gasteiger partial charge is 0.111 e. The van der Waals surface area contributed by atoms with Crippen LogP contribution in [0.5, 0.6) is 0 Å². The summed E-state index contributed by atoms with van der Waals surface area (Å²) in [4.78, 5) is 9.11. The van der Waals surface area contributed by atoms with E-state index in [1.165, 1.54) is 5.19 Å². The predicted molar refractivity (Wildman–Crippen MR) is 119 cm³/mol. The Morgan fingerprint density at radius 3 is 1.64 bits per heavy atom. The maximum atomic E-state index is 4.72. The van der Waals surface area contributed by atoms with Crippen molar-refractivity contribution >= 4 is 13.3 Å². The van der Waals surface area contributed by atoms with E-state index in [1.807, 2.05) is 42.6 Å². The topological polar surface area (TPSA) is 51.6 Å². The van der Waals surface area contributed by atoms with Crippen molar-refractivity contribution in [2.24, 2.45) is 0 Å². The second-order valence-electron chi connectivity index (χ2n) is 8.32. The summed E-state index contributed by atoms with van der Waals surface area (Å²) in [5.41, 5.74) is 5.23. The second-order valence-corrected chi connectivity index (χ2v) is 14.2. The van der Waals surface area contributed by atoms with Gasteiger partial charge in [0, 0.05) is 12.4 Å². The Balaban J connectivity index is 2.34. The van der Waals surface area contributed by atoms with Gasteiger partial charge in [0.2, 0.25) is 0 Å². The van der Waals surface area contributed by atoms with Gasteiger partial charge in [0.25, 0.3) is 0 Å². The zero-order valence-electron chi connectivity index (χ0n) is 17.7. The van der Waals surface area contributed by atoms with Crippen LogP contribution in [0.25, 0.3) is 22.8 Å². The molecule has 0 spiro atoms. The Labute approximate surface area is 169 Å². The fraction of sp³-hybridized carbons (Fsp3) is 0.391. The maximum absolute atomic E-state index is 4.72. The molecule has 0 saturated heterocycles. The van der Waals surface area contributed by atoms with E-state index >= 15 is 0 Å². The van der Waals surface area contributed by atoms with Crippen LogP contribution in [-0.4, -0.2) is 28.2 Å². The van der Waals surface area contributed by atoms with Crippen LogP contribution in [0.4, 0.5) is 0 Å². The van der Waals surface area contributed by atoms with Gasteiger partial charge in [0.05, 0.1) is 19.5 Å². The molecule has 0 amide bonds. The molecular weight excluding hydrogens is 360 g/mol. The van der Waals surface area contributed by atoms with Gasteiger partial charge in [-0.3, -0.25) is 9.97 Å². The van der Waals surface area contributed by atoms with Crippen LogP contribution in [0.15, 0.2) is 54.9 Å². The normalized spacial score (nSPS) is 12.2. The minimum absolute atomic E-state index is 0.566. The molecule has 5 heteroatoms. The highest BCUT2D eigenvalue weighted by molar-refractivity contribution is 6.95. The quantitative estimate of drug-likeness (QED) is 0.523. The minimum Gasteiger partial charge on any atom is -0.255 e. The van der Waals surface area contributed by atoms with Gasteiger partial charge in [0.15, 0.2) is 0 Å². The first kappa shape index (κ1) is 20.3. The van der Waals surface area contributed by atoms with Crippen molar-refractivity contribution in [3.63, 3.8) is 0 Å². The minimum atomic E-state index is -1.97. The van der Waals surface area contributed by atoms with Crippen molar-refractivity contribution in [1.82, 2.24) is 20.2 Å². The molecule has 0 bridgehead atoms. The molecule has 3 aromatic rings. The van der Waals surface area contributed by atoms with Gasteiger partial charge in [-0.15, -0.1) is 10.2 Å². The summed E-state index contributed by atoms with van der Waals surface area (Å²) in [5.74, 6) is 0. The van der Waals surface area contributed by atoms with E-state index in [0.717, 1.165) is 22.8 Å². The van der Waals surface area contributed by atoms with Crippen molar-refractivity contribution in [3.8, 4) is 22.8 Å². The third-order valence-electron chi connectivity index (χ3n) is 5.96. The average Bonchev–Trinajstić information content (AvgIpc) is 2.69. The third-order valence-corrected chi connectivity index (χ3v) is 13.0. The first-order chi connectivity index (χ1) is 13.4. The van der Waals surface area contributed by atoms with Gasteiger partial charge >= 0.3 is 0 Å². The van der Waals surface area contributed by atoms with Gasteiger partial charge in [-0.2, -0.15) is 0 Å². The zero-order chi connectivity index (χ0) is 20.3. The molecule has 28 heavy (non-hydrogen) atoms. The fourth-order valence-electron chi connectivity index (χ4n) is 4.99. The Bertz CT molecular complexity index is 887. The molecule has 4 nitrogen and oxygen atoms in total.